The van der Waals surface area contributed by atoms with E-state index in [1.54, 1.807) is 0 Å². The number of amidine groups is 2. The Labute approximate surface area is 350 Å². The zero-order chi connectivity index (χ0) is 39.8. The van der Waals surface area contributed by atoms with Gasteiger partial charge in [-0.1, -0.05) is 164 Å². The first-order valence-corrected chi connectivity index (χ1v) is 20.8. The molecule has 2 atom stereocenters. The predicted octanol–water partition coefficient (Wildman–Crippen LogP) is 12.3. The van der Waals surface area contributed by atoms with Crippen molar-refractivity contribution in [2.75, 3.05) is 4.90 Å². The molecule has 60 heavy (non-hydrogen) atoms. The summed E-state index contributed by atoms with van der Waals surface area (Å²) in [5.41, 5.74) is 12.0. The molecule has 0 saturated heterocycles. The van der Waals surface area contributed by atoms with E-state index in [9.17, 15) is 0 Å². The Hall–Kier alpha value is -7.50. The van der Waals surface area contributed by atoms with Crippen LogP contribution in [0.15, 0.2) is 204 Å². The standard InChI is InChI=1S/C55H41N4O/c1-5-16-37(17-6-1)42-23-15-26-45(36-42)59(43-24-11-4-12-25-43)44-31-28-39(29-32-44)47-34-35-49(50-48-33-30-38-18-13-14-27-46(38)51(48)60-52(47)50)55-57-53(40-19-7-2-8-20-40)56-54(58-55)41-21-9-3-10-22-41/h2-5,7-32,34-36,48,53H,1,6,33H2/q-1. The van der Waals surface area contributed by atoms with Crippen molar-refractivity contribution in [1.82, 2.24) is 0 Å². The summed E-state index contributed by atoms with van der Waals surface area (Å²) in [5.74, 6) is 3.21. The van der Waals surface area contributed by atoms with E-state index in [-0.39, 0.29) is 5.92 Å². The summed E-state index contributed by atoms with van der Waals surface area (Å²) in [7, 11) is 0. The number of hydrogen-bond acceptors (Lipinski definition) is 4. The summed E-state index contributed by atoms with van der Waals surface area (Å²) in [6.45, 7) is 0. The number of benzene rings is 7. The lowest BCUT2D eigenvalue weighted by Gasteiger charge is -2.33. The van der Waals surface area contributed by atoms with Crippen LogP contribution in [0.2, 0.25) is 0 Å². The normalized spacial score (nSPS) is 17.4. The maximum absolute atomic E-state index is 7.11. The minimum absolute atomic E-state index is 0.0196. The van der Waals surface area contributed by atoms with Crippen molar-refractivity contribution < 1.29 is 4.74 Å². The summed E-state index contributed by atoms with van der Waals surface area (Å²) >= 11 is 0. The van der Waals surface area contributed by atoms with Crippen molar-refractivity contribution in [3.05, 3.63) is 238 Å². The Morgan fingerprint density at radius 2 is 1.28 bits per heavy atom. The molecule has 0 fully saturated rings. The lowest BCUT2D eigenvalue weighted by atomic mass is 9.85. The van der Waals surface area contributed by atoms with Crippen LogP contribution in [0.4, 0.5) is 17.1 Å². The quantitative estimate of drug-likeness (QED) is 0.154. The molecule has 2 unspecified atom stereocenters. The van der Waals surface area contributed by atoms with Gasteiger partial charge in [-0.25, -0.2) is 0 Å². The highest BCUT2D eigenvalue weighted by Crippen LogP contribution is 2.51. The van der Waals surface area contributed by atoms with Crippen LogP contribution in [0.25, 0.3) is 33.9 Å². The lowest BCUT2D eigenvalue weighted by Crippen LogP contribution is -2.32. The van der Waals surface area contributed by atoms with Gasteiger partial charge in [0, 0.05) is 39.0 Å². The predicted molar refractivity (Wildman–Crippen MR) is 247 cm³/mol. The molecule has 0 saturated carbocycles. The van der Waals surface area contributed by atoms with Gasteiger partial charge in [0.15, 0.2) is 0 Å². The maximum Gasteiger partial charge on any atom is 0.139 e. The first kappa shape index (κ1) is 35.6. The maximum atomic E-state index is 7.11. The highest BCUT2D eigenvalue weighted by molar-refractivity contribution is 6.19. The molecule has 0 N–H and O–H groups in total. The van der Waals surface area contributed by atoms with Gasteiger partial charge in [0.1, 0.15) is 11.5 Å². The molecule has 2 aliphatic carbocycles. The minimum Gasteiger partial charge on any atom is -0.459 e. The first-order chi connectivity index (χ1) is 29.7. The van der Waals surface area contributed by atoms with Gasteiger partial charge in [0.05, 0.1) is 17.9 Å². The molecule has 2 heterocycles. The Morgan fingerprint density at radius 3 is 2.08 bits per heavy atom. The molecule has 5 heteroatoms. The number of anilines is 3. The zero-order valence-electron chi connectivity index (χ0n) is 33.0. The van der Waals surface area contributed by atoms with Gasteiger partial charge in [0.25, 0.3) is 0 Å². The van der Waals surface area contributed by atoms with Gasteiger partial charge < -0.3 is 19.9 Å². The zero-order valence-corrected chi connectivity index (χ0v) is 33.0. The number of allylic oxidation sites excluding steroid dienone is 4. The third kappa shape index (κ3) is 6.54. The summed E-state index contributed by atoms with van der Waals surface area (Å²) in [6, 6.07) is 61.8. The van der Waals surface area contributed by atoms with Gasteiger partial charge in [-0.05, 0) is 94.8 Å². The average molecular weight is 774 g/mol. The summed E-state index contributed by atoms with van der Waals surface area (Å²) in [4.78, 5) is 12.8. The molecule has 0 radical (unpaired) electrons. The summed E-state index contributed by atoms with van der Waals surface area (Å²) < 4.78 is 7.11. The van der Waals surface area contributed by atoms with Crippen molar-refractivity contribution >= 4 is 46.1 Å². The number of para-hydroxylation sites is 1. The van der Waals surface area contributed by atoms with E-state index in [2.05, 4.69) is 169 Å². The molecule has 0 amide bonds. The fourth-order valence-electron chi connectivity index (χ4n) is 8.92. The third-order valence-electron chi connectivity index (χ3n) is 11.8. The van der Waals surface area contributed by atoms with Crippen molar-refractivity contribution in [2.45, 2.75) is 31.3 Å². The monoisotopic (exact) mass is 773 g/mol. The van der Waals surface area contributed by atoms with Gasteiger partial charge in [-0.2, -0.15) is 0 Å². The third-order valence-corrected chi connectivity index (χ3v) is 11.8. The van der Waals surface area contributed by atoms with Crippen molar-refractivity contribution in [3.8, 4) is 16.9 Å². The van der Waals surface area contributed by atoms with Crippen LogP contribution in [-0.2, 0) is 0 Å². The molecule has 11 rings (SSSR count). The van der Waals surface area contributed by atoms with E-state index < -0.39 is 6.17 Å². The minimum atomic E-state index is -0.426. The topological polar surface area (TPSA) is 51.3 Å². The van der Waals surface area contributed by atoms with Crippen LogP contribution in [-0.4, -0.2) is 11.7 Å². The van der Waals surface area contributed by atoms with Crippen LogP contribution in [0.1, 0.15) is 59.2 Å². The van der Waals surface area contributed by atoms with Crippen LogP contribution < -0.4 is 20.1 Å². The van der Waals surface area contributed by atoms with Crippen LogP contribution >= 0.6 is 0 Å². The lowest BCUT2D eigenvalue weighted by molar-refractivity contribution is 0.511. The smallest absolute Gasteiger partial charge is 0.139 e. The highest BCUT2D eigenvalue weighted by Gasteiger charge is 2.36. The SMILES string of the molecule is C1=CC(c2cccc(N(c3ccccc3)c3ccc(-c4ccc(C5=NC(c6ccccc6)[N-]C(c6ccccc6)=N5)c5c4OC4=c6ccccc6=CCC45)cc3)c2)=CCC1. The Morgan fingerprint density at radius 1 is 0.583 bits per heavy atom. The molecule has 7 aromatic carbocycles. The summed E-state index contributed by atoms with van der Waals surface area (Å²) in [5, 5.41) is 7.41. The Kier molecular flexibility index (Phi) is 9.12. The second kappa shape index (κ2) is 15.3. The van der Waals surface area contributed by atoms with Crippen LogP contribution in [0, 0.1) is 0 Å². The molecule has 0 aromatic heterocycles. The molecular formula is C55H41N4O-. The van der Waals surface area contributed by atoms with Gasteiger partial charge >= 0.3 is 0 Å². The number of aliphatic imine (C=N–C) groups is 2. The fourth-order valence-corrected chi connectivity index (χ4v) is 8.92. The van der Waals surface area contributed by atoms with Crippen molar-refractivity contribution in [3.63, 3.8) is 0 Å². The first-order valence-electron chi connectivity index (χ1n) is 20.8. The molecular weight excluding hydrogens is 733 g/mol. The van der Waals surface area contributed by atoms with Crippen molar-refractivity contribution in [2.24, 2.45) is 9.98 Å². The van der Waals surface area contributed by atoms with Crippen molar-refractivity contribution in [1.29, 1.82) is 0 Å². The van der Waals surface area contributed by atoms with Gasteiger partial charge in [-0.15, -0.1) is 0 Å². The fraction of sp³-hybridized carbons (Fsp3) is 0.0909. The molecule has 0 bridgehead atoms. The second-order valence-corrected chi connectivity index (χ2v) is 15.5. The Balaban J connectivity index is 1.04. The number of fused-ring (bicyclic) bond motifs is 4. The molecule has 4 aliphatic rings. The van der Waals surface area contributed by atoms with E-state index in [0.717, 1.165) is 86.4 Å². The molecule has 2 aliphatic heterocycles. The van der Waals surface area contributed by atoms with Gasteiger partial charge in [0.2, 0.25) is 0 Å². The van der Waals surface area contributed by atoms with E-state index in [4.69, 9.17) is 20.0 Å². The molecule has 0 spiro atoms. The largest absolute Gasteiger partial charge is 0.459 e. The van der Waals surface area contributed by atoms with E-state index in [1.165, 1.54) is 16.4 Å². The molecule has 7 aromatic rings. The summed E-state index contributed by atoms with van der Waals surface area (Å²) in [6.07, 6.45) is 11.7. The van der Waals surface area contributed by atoms with E-state index in [0.29, 0.717) is 11.7 Å². The Bertz CT molecular complexity index is 3000. The van der Waals surface area contributed by atoms with Crippen LogP contribution in [0.3, 0.4) is 0 Å². The van der Waals surface area contributed by atoms with E-state index >= 15 is 0 Å². The average Bonchev–Trinajstić information content (AvgIpc) is 3.73. The number of hydrogen-bond donors (Lipinski definition) is 0. The number of ether oxygens (including phenoxy) is 1. The van der Waals surface area contributed by atoms with Gasteiger partial charge in [-0.3, -0.25) is 4.99 Å². The number of rotatable bonds is 8. The van der Waals surface area contributed by atoms with Crippen LogP contribution in [0.5, 0.6) is 5.75 Å². The van der Waals surface area contributed by atoms with E-state index in [1.807, 2.05) is 36.4 Å². The second-order valence-electron chi connectivity index (χ2n) is 15.5. The molecule has 5 nitrogen and oxygen atoms in total. The molecule has 288 valence electrons. The highest BCUT2D eigenvalue weighted by atomic mass is 16.5. The number of nitrogens with zero attached hydrogens (tertiary/aromatic N) is 4.